The largest absolute Gasteiger partial charge is 0.441 e. The molecule has 25 heavy (non-hydrogen) atoms. The summed E-state index contributed by atoms with van der Waals surface area (Å²) in [5.74, 6) is 0.864. The van der Waals surface area contributed by atoms with E-state index >= 15 is 0 Å². The highest BCUT2D eigenvalue weighted by molar-refractivity contribution is 5.98. The third-order valence-corrected chi connectivity index (χ3v) is 5.70. The van der Waals surface area contributed by atoms with Crippen molar-refractivity contribution in [2.75, 3.05) is 31.2 Å². The van der Waals surface area contributed by atoms with E-state index in [4.69, 9.17) is 9.15 Å². The number of hydrogen-bond acceptors (Lipinski definition) is 5. The van der Waals surface area contributed by atoms with Crippen LogP contribution < -0.4 is 15.5 Å². The van der Waals surface area contributed by atoms with E-state index in [2.05, 4.69) is 15.5 Å². The molecule has 6 heteroatoms. The molecule has 0 saturated carbocycles. The van der Waals surface area contributed by atoms with Gasteiger partial charge in [0, 0.05) is 48.2 Å². The van der Waals surface area contributed by atoms with E-state index in [-0.39, 0.29) is 11.9 Å². The first-order valence-corrected chi connectivity index (χ1v) is 9.19. The zero-order valence-corrected chi connectivity index (χ0v) is 14.2. The summed E-state index contributed by atoms with van der Waals surface area (Å²) in [5, 5.41) is 7.73. The fourth-order valence-electron chi connectivity index (χ4n) is 4.35. The second-order valence-electron chi connectivity index (χ2n) is 7.30. The smallest absolute Gasteiger partial charge is 0.251 e. The van der Waals surface area contributed by atoms with E-state index in [1.165, 1.54) is 12.8 Å². The van der Waals surface area contributed by atoms with Gasteiger partial charge in [0.25, 0.3) is 5.91 Å². The highest BCUT2D eigenvalue weighted by Crippen LogP contribution is 2.30. The van der Waals surface area contributed by atoms with Crippen LogP contribution in [0.1, 0.15) is 29.6 Å². The molecule has 3 unspecified atom stereocenters. The van der Waals surface area contributed by atoms with E-state index in [1.54, 1.807) is 0 Å². The van der Waals surface area contributed by atoms with Gasteiger partial charge in [-0.1, -0.05) is 0 Å². The Morgan fingerprint density at radius 1 is 1.20 bits per heavy atom. The number of furan rings is 1. The first-order chi connectivity index (χ1) is 12.3. The number of ether oxygens (including phenoxy) is 1. The number of anilines is 1. The van der Waals surface area contributed by atoms with Crippen LogP contribution in [0.3, 0.4) is 0 Å². The number of carbonyl (C=O) groups is 1. The maximum atomic E-state index is 12.6. The van der Waals surface area contributed by atoms with Crippen molar-refractivity contribution in [3.05, 3.63) is 29.8 Å². The first-order valence-electron chi connectivity index (χ1n) is 9.19. The van der Waals surface area contributed by atoms with Crippen molar-refractivity contribution in [2.45, 2.75) is 37.4 Å². The molecule has 2 N–H and O–H groups in total. The van der Waals surface area contributed by atoms with Crippen LogP contribution in [0.4, 0.5) is 5.88 Å². The Balaban J connectivity index is 1.34. The summed E-state index contributed by atoms with van der Waals surface area (Å²) in [6.07, 6.45) is 3.45. The number of carbonyl (C=O) groups excluding carboxylic acids is 1. The summed E-state index contributed by atoms with van der Waals surface area (Å²) in [5.41, 5.74) is 1.52. The molecule has 3 aliphatic heterocycles. The minimum absolute atomic E-state index is 0.00960. The molecule has 0 spiro atoms. The summed E-state index contributed by atoms with van der Waals surface area (Å²) < 4.78 is 11.3. The topological polar surface area (TPSA) is 66.7 Å². The van der Waals surface area contributed by atoms with Gasteiger partial charge in [-0.3, -0.25) is 4.79 Å². The third kappa shape index (κ3) is 2.79. The molecule has 2 aromatic rings. The molecule has 3 saturated heterocycles. The molecule has 6 nitrogen and oxygen atoms in total. The Hall–Kier alpha value is -2.05. The van der Waals surface area contributed by atoms with Crippen LogP contribution >= 0.6 is 0 Å². The number of amides is 1. The van der Waals surface area contributed by atoms with Crippen molar-refractivity contribution in [3.8, 4) is 0 Å². The molecule has 1 amide bonds. The Morgan fingerprint density at radius 2 is 2.08 bits per heavy atom. The fraction of sp³-hybridized carbons (Fsp3) is 0.526. The highest BCUT2D eigenvalue weighted by atomic mass is 16.5. The van der Waals surface area contributed by atoms with E-state index in [0.717, 1.165) is 49.6 Å². The fourth-order valence-corrected chi connectivity index (χ4v) is 4.35. The Morgan fingerprint density at radius 3 is 2.84 bits per heavy atom. The van der Waals surface area contributed by atoms with Gasteiger partial charge in [-0.2, -0.15) is 0 Å². The average Bonchev–Trinajstić information content (AvgIpc) is 3.36. The summed E-state index contributed by atoms with van der Waals surface area (Å²) in [6, 6.07) is 8.99. The number of nitrogens with one attached hydrogen (secondary N) is 2. The molecule has 1 aromatic heterocycles. The third-order valence-electron chi connectivity index (χ3n) is 5.70. The van der Waals surface area contributed by atoms with Crippen LogP contribution in [0.25, 0.3) is 11.0 Å². The standard InChI is InChI=1S/C19H23N3O3/c23-19(21-16-11-14-2-3-15(16)20-14)12-1-4-17-13(9-12)10-18(25-17)22-5-7-24-8-6-22/h1,4,9-10,14-16,20H,2-3,5-8,11H2,(H,21,23). The lowest BCUT2D eigenvalue weighted by molar-refractivity contribution is 0.0931. The molecule has 2 bridgehead atoms. The van der Waals surface area contributed by atoms with Crippen molar-refractivity contribution in [2.24, 2.45) is 0 Å². The number of fused-ring (bicyclic) bond motifs is 3. The van der Waals surface area contributed by atoms with Crippen LogP contribution in [0.15, 0.2) is 28.7 Å². The van der Waals surface area contributed by atoms with Gasteiger partial charge < -0.3 is 24.7 Å². The van der Waals surface area contributed by atoms with Crippen LogP contribution in [-0.4, -0.2) is 50.3 Å². The van der Waals surface area contributed by atoms with Crippen molar-refractivity contribution >= 4 is 22.8 Å². The number of morpholine rings is 1. The normalized spacial score (nSPS) is 28.6. The molecule has 3 fully saturated rings. The number of nitrogens with zero attached hydrogens (tertiary/aromatic N) is 1. The minimum Gasteiger partial charge on any atom is -0.441 e. The van der Waals surface area contributed by atoms with E-state index < -0.39 is 0 Å². The van der Waals surface area contributed by atoms with E-state index in [9.17, 15) is 4.79 Å². The van der Waals surface area contributed by atoms with Gasteiger partial charge in [0.1, 0.15) is 5.58 Å². The van der Waals surface area contributed by atoms with Crippen molar-refractivity contribution < 1.29 is 13.9 Å². The summed E-state index contributed by atoms with van der Waals surface area (Å²) in [6.45, 7) is 3.12. The molecule has 5 rings (SSSR count). The Kier molecular flexibility index (Phi) is 3.68. The number of rotatable bonds is 3. The van der Waals surface area contributed by atoms with Crippen LogP contribution in [0.5, 0.6) is 0 Å². The van der Waals surface area contributed by atoms with Gasteiger partial charge in [-0.15, -0.1) is 0 Å². The molecule has 0 aliphatic carbocycles. The maximum absolute atomic E-state index is 12.6. The predicted octanol–water partition coefficient (Wildman–Crippen LogP) is 1.89. The van der Waals surface area contributed by atoms with Gasteiger partial charge in [0.2, 0.25) is 0 Å². The molecular weight excluding hydrogens is 318 g/mol. The minimum atomic E-state index is 0.00960. The van der Waals surface area contributed by atoms with Gasteiger partial charge in [-0.25, -0.2) is 0 Å². The Labute approximate surface area is 146 Å². The zero-order valence-electron chi connectivity index (χ0n) is 14.2. The van der Waals surface area contributed by atoms with Gasteiger partial charge in [0.15, 0.2) is 5.88 Å². The molecular formula is C19H23N3O3. The summed E-state index contributed by atoms with van der Waals surface area (Å²) in [4.78, 5) is 14.8. The van der Waals surface area contributed by atoms with Crippen LogP contribution in [0.2, 0.25) is 0 Å². The summed E-state index contributed by atoms with van der Waals surface area (Å²) >= 11 is 0. The molecule has 1 aromatic carbocycles. The van der Waals surface area contributed by atoms with Crippen molar-refractivity contribution in [1.82, 2.24) is 10.6 Å². The van der Waals surface area contributed by atoms with Gasteiger partial charge in [0.05, 0.1) is 13.2 Å². The lowest BCUT2D eigenvalue weighted by Gasteiger charge is -2.25. The molecule has 3 atom stereocenters. The lowest BCUT2D eigenvalue weighted by atomic mass is 9.95. The lowest BCUT2D eigenvalue weighted by Crippen LogP contribution is -2.42. The second-order valence-corrected chi connectivity index (χ2v) is 7.30. The van der Waals surface area contributed by atoms with E-state index in [0.29, 0.717) is 17.6 Å². The van der Waals surface area contributed by atoms with Crippen molar-refractivity contribution in [1.29, 1.82) is 0 Å². The number of benzene rings is 1. The predicted molar refractivity (Wildman–Crippen MR) is 95.1 cm³/mol. The zero-order chi connectivity index (χ0) is 16.8. The quantitative estimate of drug-likeness (QED) is 0.892. The van der Waals surface area contributed by atoms with Crippen LogP contribution in [0, 0.1) is 0 Å². The maximum Gasteiger partial charge on any atom is 0.251 e. The highest BCUT2D eigenvalue weighted by Gasteiger charge is 2.39. The molecule has 0 radical (unpaired) electrons. The molecule has 3 aliphatic rings. The molecule has 4 heterocycles. The van der Waals surface area contributed by atoms with Crippen LogP contribution in [-0.2, 0) is 4.74 Å². The average molecular weight is 341 g/mol. The van der Waals surface area contributed by atoms with Gasteiger partial charge >= 0.3 is 0 Å². The number of hydrogen-bond donors (Lipinski definition) is 2. The first kappa shape index (κ1) is 15.2. The monoisotopic (exact) mass is 341 g/mol. The Bertz CT molecular complexity index is 796. The van der Waals surface area contributed by atoms with Gasteiger partial charge in [-0.05, 0) is 37.5 Å². The summed E-state index contributed by atoms with van der Waals surface area (Å²) in [7, 11) is 0. The molecule has 132 valence electrons. The SMILES string of the molecule is O=C(NC1CC2CCC1N2)c1ccc2oc(N3CCOCC3)cc2c1. The van der Waals surface area contributed by atoms with E-state index in [1.807, 2.05) is 24.3 Å². The van der Waals surface area contributed by atoms with Crippen molar-refractivity contribution in [3.63, 3.8) is 0 Å². The second kappa shape index (κ2) is 6.04.